The number of fused-ring (bicyclic) bond motifs is 2. The first-order valence-electron chi connectivity index (χ1n) is 17.2. The highest BCUT2D eigenvalue weighted by molar-refractivity contribution is 5.96. The number of ether oxygens (including phenoxy) is 1. The molecule has 0 aromatic heterocycles. The summed E-state index contributed by atoms with van der Waals surface area (Å²) in [5.74, 6) is 1.74. The van der Waals surface area contributed by atoms with Gasteiger partial charge in [-0.15, -0.1) is 0 Å². The quantitative estimate of drug-likeness (QED) is 0.176. The maximum Gasteiger partial charge on any atom is 0.132 e. The van der Waals surface area contributed by atoms with Crippen LogP contribution in [0.4, 0.5) is 0 Å². The summed E-state index contributed by atoms with van der Waals surface area (Å²) in [5, 5.41) is 0. The van der Waals surface area contributed by atoms with Crippen molar-refractivity contribution in [3.63, 3.8) is 0 Å². The number of para-hydroxylation sites is 1. The maximum absolute atomic E-state index is 6.84. The van der Waals surface area contributed by atoms with Crippen molar-refractivity contribution in [2.24, 2.45) is 0 Å². The molecule has 0 fully saturated rings. The second kappa shape index (κ2) is 12.5. The number of hydrogen-bond acceptors (Lipinski definition) is 1. The molecule has 8 aromatic carbocycles. The topological polar surface area (TPSA) is 9.23 Å². The van der Waals surface area contributed by atoms with E-state index in [0.29, 0.717) is 0 Å². The molecule has 0 aliphatic carbocycles. The Bertz CT molecular complexity index is 2410. The molecule has 1 aliphatic heterocycles. The zero-order chi connectivity index (χ0) is 33.3. The van der Waals surface area contributed by atoms with E-state index in [2.05, 4.69) is 206 Å². The van der Waals surface area contributed by atoms with Gasteiger partial charge < -0.3 is 4.74 Å². The molecule has 0 saturated heterocycles. The van der Waals surface area contributed by atoms with Gasteiger partial charge in [-0.05, 0) is 67.8 Å². The van der Waals surface area contributed by atoms with Crippen LogP contribution in [0.2, 0.25) is 0 Å². The van der Waals surface area contributed by atoms with Gasteiger partial charge in [0.25, 0.3) is 0 Å². The fourth-order valence-electron chi connectivity index (χ4n) is 7.89. The minimum Gasteiger partial charge on any atom is -0.457 e. The van der Waals surface area contributed by atoms with E-state index in [1.807, 2.05) is 0 Å². The Labute approximate surface area is 293 Å². The lowest BCUT2D eigenvalue weighted by Crippen LogP contribution is -2.34. The van der Waals surface area contributed by atoms with Crippen LogP contribution in [0.15, 0.2) is 206 Å². The lowest BCUT2D eigenvalue weighted by molar-refractivity contribution is 0.435. The molecule has 0 spiro atoms. The summed E-state index contributed by atoms with van der Waals surface area (Å²) in [7, 11) is 0. The molecule has 0 saturated carbocycles. The van der Waals surface area contributed by atoms with Gasteiger partial charge in [0.1, 0.15) is 11.5 Å². The smallest absolute Gasteiger partial charge is 0.132 e. The molecular weight excluding hydrogens is 605 g/mol. The lowest BCUT2D eigenvalue weighted by Gasteiger charge is -2.41. The molecule has 0 N–H and O–H groups in total. The standard InChI is InChI=1S/C49H34O/c1-4-18-35(19-5-1)39-24-10-12-26-41(39)43-28-14-15-29-44(43)42-27-13-11-25-40(42)36-32-33-46-48(34-36)50-47-31-17-16-30-45(47)49(46,37-20-6-2-7-21-37)38-22-8-3-9-23-38/h1-34H. The van der Waals surface area contributed by atoms with Gasteiger partial charge in [-0.1, -0.05) is 194 Å². The van der Waals surface area contributed by atoms with Crippen LogP contribution in [0.3, 0.4) is 0 Å². The van der Waals surface area contributed by atoms with E-state index in [9.17, 15) is 0 Å². The van der Waals surface area contributed by atoms with E-state index in [-0.39, 0.29) is 0 Å². The largest absolute Gasteiger partial charge is 0.457 e. The van der Waals surface area contributed by atoms with Crippen molar-refractivity contribution in [3.05, 3.63) is 229 Å². The van der Waals surface area contributed by atoms with Gasteiger partial charge >= 0.3 is 0 Å². The van der Waals surface area contributed by atoms with Crippen LogP contribution in [0, 0.1) is 0 Å². The first-order chi connectivity index (χ1) is 24.8. The second-order valence-corrected chi connectivity index (χ2v) is 12.8. The Morgan fingerprint density at radius 2 is 0.680 bits per heavy atom. The predicted molar refractivity (Wildman–Crippen MR) is 207 cm³/mol. The minimum atomic E-state index is -0.543. The van der Waals surface area contributed by atoms with Crippen LogP contribution >= 0.6 is 0 Å². The van der Waals surface area contributed by atoms with E-state index in [1.165, 1.54) is 44.5 Å². The fourth-order valence-corrected chi connectivity index (χ4v) is 7.89. The molecule has 1 aliphatic rings. The predicted octanol–water partition coefficient (Wildman–Crippen LogP) is 12.8. The lowest BCUT2D eigenvalue weighted by atomic mass is 9.63. The van der Waals surface area contributed by atoms with Crippen LogP contribution in [0.5, 0.6) is 11.5 Å². The molecule has 1 heterocycles. The van der Waals surface area contributed by atoms with Gasteiger partial charge in [0.15, 0.2) is 0 Å². The summed E-state index contributed by atoms with van der Waals surface area (Å²) in [6, 6.07) is 73.9. The molecule has 1 heteroatoms. The Balaban J connectivity index is 1.24. The highest BCUT2D eigenvalue weighted by Gasteiger charge is 2.45. The van der Waals surface area contributed by atoms with Crippen molar-refractivity contribution < 1.29 is 4.74 Å². The molecule has 1 nitrogen and oxygen atoms in total. The Hall–Kier alpha value is -6.44. The summed E-state index contributed by atoms with van der Waals surface area (Å²) in [6.07, 6.45) is 0. The third-order valence-electron chi connectivity index (χ3n) is 10.1. The number of benzene rings is 8. The van der Waals surface area contributed by atoms with Gasteiger partial charge in [0.05, 0.1) is 5.41 Å². The molecule has 8 aromatic rings. The van der Waals surface area contributed by atoms with E-state index in [4.69, 9.17) is 4.74 Å². The SMILES string of the molecule is c1ccc(-c2ccccc2-c2ccccc2-c2ccccc2-c2ccc3c(c2)Oc2ccccc2C3(c2ccccc2)c2ccccc2)cc1. The first kappa shape index (κ1) is 29.7. The number of hydrogen-bond donors (Lipinski definition) is 0. The zero-order valence-corrected chi connectivity index (χ0v) is 27.5. The van der Waals surface area contributed by atoms with E-state index < -0.39 is 5.41 Å². The fraction of sp³-hybridized carbons (Fsp3) is 0.0204. The van der Waals surface area contributed by atoms with Gasteiger partial charge in [0.2, 0.25) is 0 Å². The van der Waals surface area contributed by atoms with Crippen LogP contribution in [-0.2, 0) is 5.41 Å². The Morgan fingerprint density at radius 3 is 1.24 bits per heavy atom. The van der Waals surface area contributed by atoms with E-state index in [1.54, 1.807) is 0 Å². The molecule has 50 heavy (non-hydrogen) atoms. The molecule has 236 valence electrons. The normalized spacial score (nSPS) is 12.7. The van der Waals surface area contributed by atoms with Crippen molar-refractivity contribution in [1.82, 2.24) is 0 Å². The molecule has 0 unspecified atom stereocenters. The van der Waals surface area contributed by atoms with E-state index in [0.717, 1.165) is 33.8 Å². The van der Waals surface area contributed by atoms with Gasteiger partial charge in [-0.25, -0.2) is 0 Å². The minimum absolute atomic E-state index is 0.543. The first-order valence-corrected chi connectivity index (χ1v) is 17.2. The monoisotopic (exact) mass is 638 g/mol. The average Bonchev–Trinajstić information content (AvgIpc) is 3.21. The third-order valence-corrected chi connectivity index (χ3v) is 10.1. The average molecular weight is 639 g/mol. The molecular formula is C49H34O. The molecule has 0 bridgehead atoms. The van der Waals surface area contributed by atoms with Gasteiger partial charge in [-0.2, -0.15) is 0 Å². The third kappa shape index (κ3) is 4.86. The van der Waals surface area contributed by atoms with Crippen molar-refractivity contribution in [1.29, 1.82) is 0 Å². The van der Waals surface area contributed by atoms with Crippen molar-refractivity contribution in [3.8, 4) is 56.0 Å². The maximum atomic E-state index is 6.84. The molecule has 9 rings (SSSR count). The second-order valence-electron chi connectivity index (χ2n) is 12.8. The van der Waals surface area contributed by atoms with Crippen molar-refractivity contribution >= 4 is 0 Å². The summed E-state index contributed by atoms with van der Waals surface area (Å²) in [5.41, 5.74) is 13.6. The summed E-state index contributed by atoms with van der Waals surface area (Å²) in [6.45, 7) is 0. The summed E-state index contributed by atoms with van der Waals surface area (Å²) < 4.78 is 6.84. The Kier molecular flexibility index (Phi) is 7.44. The molecule has 0 amide bonds. The van der Waals surface area contributed by atoms with Gasteiger partial charge in [-0.3, -0.25) is 0 Å². The Morgan fingerprint density at radius 1 is 0.280 bits per heavy atom. The highest BCUT2D eigenvalue weighted by Crippen LogP contribution is 2.56. The highest BCUT2D eigenvalue weighted by atomic mass is 16.5. The van der Waals surface area contributed by atoms with Gasteiger partial charge in [0, 0.05) is 11.1 Å². The number of rotatable bonds is 6. The zero-order valence-electron chi connectivity index (χ0n) is 27.5. The summed E-state index contributed by atoms with van der Waals surface area (Å²) in [4.78, 5) is 0. The summed E-state index contributed by atoms with van der Waals surface area (Å²) >= 11 is 0. The van der Waals surface area contributed by atoms with Crippen LogP contribution in [0.1, 0.15) is 22.3 Å². The van der Waals surface area contributed by atoms with Crippen LogP contribution in [-0.4, -0.2) is 0 Å². The van der Waals surface area contributed by atoms with Crippen molar-refractivity contribution in [2.75, 3.05) is 0 Å². The molecule has 0 radical (unpaired) electrons. The van der Waals surface area contributed by atoms with Crippen molar-refractivity contribution in [2.45, 2.75) is 5.41 Å². The van der Waals surface area contributed by atoms with E-state index >= 15 is 0 Å². The molecule has 0 atom stereocenters. The van der Waals surface area contributed by atoms with Crippen LogP contribution in [0.25, 0.3) is 44.5 Å². The van der Waals surface area contributed by atoms with Crippen LogP contribution < -0.4 is 4.74 Å².